The number of rotatable bonds is 3. The van der Waals surface area contributed by atoms with E-state index in [0.29, 0.717) is 5.75 Å². The predicted molar refractivity (Wildman–Crippen MR) is 92.2 cm³/mol. The molecule has 1 fully saturated rings. The van der Waals surface area contributed by atoms with Gasteiger partial charge in [0, 0.05) is 29.2 Å². The third-order valence-corrected chi connectivity index (χ3v) is 4.44. The van der Waals surface area contributed by atoms with Crippen molar-refractivity contribution < 1.29 is 5.11 Å². The molecular weight excluding hydrogens is 288 g/mol. The molecule has 0 bridgehead atoms. The summed E-state index contributed by atoms with van der Waals surface area (Å²) in [4.78, 5) is 3.33. The molecule has 1 aromatic heterocycles. The van der Waals surface area contributed by atoms with Gasteiger partial charge in [0.15, 0.2) is 0 Å². The van der Waals surface area contributed by atoms with Crippen molar-refractivity contribution in [2.24, 2.45) is 0 Å². The number of hydrogen-bond donors (Lipinski definition) is 5. The second-order valence-corrected chi connectivity index (χ2v) is 6.06. The lowest BCUT2D eigenvalue weighted by atomic mass is 10.0. The van der Waals surface area contributed by atoms with Crippen LogP contribution in [0.4, 0.5) is 5.69 Å². The van der Waals surface area contributed by atoms with E-state index in [2.05, 4.69) is 45.5 Å². The van der Waals surface area contributed by atoms with Gasteiger partial charge in [-0.2, -0.15) is 0 Å². The summed E-state index contributed by atoms with van der Waals surface area (Å²) in [5, 5.41) is 14.2. The molecule has 3 aromatic rings. The molecule has 0 saturated carbocycles. The Morgan fingerprint density at radius 1 is 1.13 bits per heavy atom. The molecule has 0 radical (unpaired) electrons. The maximum atomic E-state index is 9.51. The highest BCUT2D eigenvalue weighted by Gasteiger charge is 2.26. The molecule has 2 heterocycles. The maximum Gasteiger partial charge on any atom is 0.115 e. The van der Waals surface area contributed by atoms with Gasteiger partial charge in [0.1, 0.15) is 5.75 Å². The van der Waals surface area contributed by atoms with Crippen molar-refractivity contribution in [1.29, 1.82) is 0 Å². The second kappa shape index (κ2) is 5.61. The molecule has 1 aliphatic heterocycles. The van der Waals surface area contributed by atoms with Gasteiger partial charge in [-0.05, 0) is 42.3 Å². The third kappa shape index (κ3) is 2.65. The first-order valence-electron chi connectivity index (χ1n) is 7.84. The van der Waals surface area contributed by atoms with E-state index < -0.39 is 0 Å². The van der Waals surface area contributed by atoms with Crippen molar-refractivity contribution in [3.63, 3.8) is 0 Å². The fourth-order valence-corrected chi connectivity index (χ4v) is 3.23. The van der Waals surface area contributed by atoms with Gasteiger partial charge in [0.25, 0.3) is 0 Å². The Morgan fingerprint density at radius 3 is 2.87 bits per heavy atom. The van der Waals surface area contributed by atoms with E-state index in [-0.39, 0.29) is 12.2 Å². The molecule has 2 atom stereocenters. The smallest absolute Gasteiger partial charge is 0.115 e. The second-order valence-electron chi connectivity index (χ2n) is 6.06. The van der Waals surface area contributed by atoms with Crippen LogP contribution < -0.4 is 16.2 Å². The summed E-state index contributed by atoms with van der Waals surface area (Å²) in [6.07, 6.45) is 3.15. The number of aromatic hydroxyl groups is 1. The fraction of sp³-hybridized carbons (Fsp3) is 0.222. The number of hydrogen-bond acceptors (Lipinski definition) is 4. The van der Waals surface area contributed by atoms with Crippen LogP contribution >= 0.6 is 0 Å². The van der Waals surface area contributed by atoms with E-state index in [9.17, 15) is 5.11 Å². The number of phenolic OH excluding ortho intramolecular Hbond substituents is 1. The first-order chi connectivity index (χ1) is 11.2. The van der Waals surface area contributed by atoms with Gasteiger partial charge in [0.05, 0.1) is 12.2 Å². The Morgan fingerprint density at radius 2 is 2.00 bits per heavy atom. The number of para-hydroxylation sites is 1. The summed E-state index contributed by atoms with van der Waals surface area (Å²) in [6, 6.07) is 14.0. The van der Waals surface area contributed by atoms with Crippen LogP contribution in [0.5, 0.6) is 5.75 Å². The molecular formula is C18H20N4O. The number of H-pyrrole nitrogens is 1. The molecule has 5 N–H and O–H groups in total. The summed E-state index contributed by atoms with van der Waals surface area (Å²) in [5.74, 6) is 0.294. The zero-order valence-corrected chi connectivity index (χ0v) is 12.9. The molecule has 23 heavy (non-hydrogen) atoms. The highest BCUT2D eigenvalue weighted by Crippen LogP contribution is 2.30. The molecule has 5 heteroatoms. The lowest BCUT2D eigenvalue weighted by molar-refractivity contribution is 0.475. The average molecular weight is 308 g/mol. The Labute approximate surface area is 134 Å². The van der Waals surface area contributed by atoms with Crippen molar-refractivity contribution >= 4 is 16.6 Å². The maximum absolute atomic E-state index is 9.51. The first kappa shape index (κ1) is 14.1. The van der Waals surface area contributed by atoms with Crippen LogP contribution in [0, 0.1) is 6.92 Å². The molecule has 118 valence electrons. The minimum atomic E-state index is 0.136. The Bertz CT molecular complexity index is 842. The van der Waals surface area contributed by atoms with Crippen LogP contribution in [0.3, 0.4) is 0 Å². The van der Waals surface area contributed by atoms with E-state index in [1.165, 1.54) is 10.9 Å². The van der Waals surface area contributed by atoms with Gasteiger partial charge >= 0.3 is 0 Å². The number of phenols is 1. The first-order valence-corrected chi connectivity index (χ1v) is 7.84. The van der Waals surface area contributed by atoms with Crippen molar-refractivity contribution in [2.75, 3.05) is 5.32 Å². The van der Waals surface area contributed by atoms with E-state index in [1.54, 1.807) is 12.1 Å². The van der Waals surface area contributed by atoms with Gasteiger partial charge in [-0.3, -0.25) is 0 Å². The Kier molecular flexibility index (Phi) is 3.44. The van der Waals surface area contributed by atoms with Crippen molar-refractivity contribution in [1.82, 2.24) is 15.8 Å². The lowest BCUT2D eigenvalue weighted by Crippen LogP contribution is -2.36. The zero-order valence-electron chi connectivity index (χ0n) is 12.9. The molecule has 1 aliphatic rings. The third-order valence-electron chi connectivity index (χ3n) is 4.44. The largest absolute Gasteiger partial charge is 0.508 e. The number of hydrazine groups is 1. The van der Waals surface area contributed by atoms with Crippen LogP contribution in [0.2, 0.25) is 0 Å². The minimum Gasteiger partial charge on any atom is -0.508 e. The van der Waals surface area contributed by atoms with Gasteiger partial charge in [-0.25, -0.2) is 10.9 Å². The van der Waals surface area contributed by atoms with Gasteiger partial charge < -0.3 is 15.4 Å². The monoisotopic (exact) mass is 308 g/mol. The van der Waals surface area contributed by atoms with Crippen LogP contribution in [0.1, 0.15) is 23.6 Å². The zero-order chi connectivity index (χ0) is 15.8. The average Bonchev–Trinajstić information content (AvgIpc) is 3.16. The molecule has 0 amide bonds. The standard InChI is InChI=1S/C18H20N4O/c1-11-8-12(23)6-7-15(11)20-18-9-17(21-22-18)14-10-19-16-5-3-2-4-13(14)16/h2-8,10,17-23H,9H2,1H3. The molecule has 2 aromatic carbocycles. The number of fused-ring (bicyclic) bond motifs is 1. The highest BCUT2D eigenvalue weighted by atomic mass is 16.3. The van der Waals surface area contributed by atoms with Crippen molar-refractivity contribution in [3.05, 3.63) is 59.8 Å². The summed E-state index contributed by atoms with van der Waals surface area (Å²) in [5.41, 5.74) is 11.2. The predicted octanol–water partition coefficient (Wildman–Crippen LogP) is 3.16. The van der Waals surface area contributed by atoms with Gasteiger partial charge in [-0.1, -0.05) is 18.2 Å². The molecule has 4 rings (SSSR count). The lowest BCUT2D eigenvalue weighted by Gasteiger charge is -2.15. The van der Waals surface area contributed by atoms with Crippen molar-refractivity contribution in [2.45, 2.75) is 25.6 Å². The van der Waals surface area contributed by atoms with Crippen molar-refractivity contribution in [3.8, 4) is 5.75 Å². The number of aryl methyl sites for hydroxylation is 1. The van der Waals surface area contributed by atoms with E-state index in [0.717, 1.165) is 23.2 Å². The van der Waals surface area contributed by atoms with Gasteiger partial charge in [-0.15, -0.1) is 0 Å². The minimum absolute atomic E-state index is 0.136. The van der Waals surface area contributed by atoms with Gasteiger partial charge in [0.2, 0.25) is 0 Å². The number of nitrogens with one attached hydrogen (secondary N) is 4. The molecule has 0 aliphatic carbocycles. The number of aromatic amines is 1. The van der Waals surface area contributed by atoms with E-state index in [1.807, 2.05) is 19.1 Å². The number of aromatic nitrogens is 1. The molecule has 0 spiro atoms. The normalized spacial score (nSPS) is 20.9. The Balaban J connectivity index is 1.51. The van der Waals surface area contributed by atoms with Crippen LogP contribution in [0.15, 0.2) is 48.7 Å². The topological polar surface area (TPSA) is 72.1 Å². The molecule has 5 nitrogen and oxygen atoms in total. The Hall–Kier alpha value is -2.50. The number of anilines is 1. The van der Waals surface area contributed by atoms with E-state index in [4.69, 9.17) is 0 Å². The van der Waals surface area contributed by atoms with Crippen LogP contribution in [0.25, 0.3) is 10.9 Å². The summed E-state index contributed by atoms with van der Waals surface area (Å²) in [7, 11) is 0. The number of benzene rings is 2. The highest BCUT2D eigenvalue weighted by molar-refractivity contribution is 5.83. The molecule has 1 saturated heterocycles. The van der Waals surface area contributed by atoms with Crippen LogP contribution in [-0.2, 0) is 0 Å². The molecule has 2 unspecified atom stereocenters. The quantitative estimate of drug-likeness (QED) is 0.482. The van der Waals surface area contributed by atoms with E-state index >= 15 is 0 Å². The summed E-state index contributed by atoms with van der Waals surface area (Å²) in [6.45, 7) is 1.99. The summed E-state index contributed by atoms with van der Waals surface area (Å²) >= 11 is 0. The van der Waals surface area contributed by atoms with Crippen LogP contribution in [-0.4, -0.2) is 16.3 Å². The SMILES string of the molecule is Cc1cc(O)ccc1NC1CC(c2c[nH]c3ccccc23)NN1. The summed E-state index contributed by atoms with van der Waals surface area (Å²) < 4.78 is 0. The fourth-order valence-electron chi connectivity index (χ4n) is 3.23.